The van der Waals surface area contributed by atoms with Crippen molar-refractivity contribution in [1.82, 2.24) is 9.38 Å². The van der Waals surface area contributed by atoms with Crippen LogP contribution >= 0.6 is 0 Å². The molecule has 6 aromatic rings. The number of rotatable bonds is 1. The topological polar surface area (TPSA) is 17.3 Å². The number of nitrogens with zero attached hydrogens (tertiary/aromatic N) is 2. The van der Waals surface area contributed by atoms with Gasteiger partial charge in [-0.25, -0.2) is 4.98 Å². The van der Waals surface area contributed by atoms with Crippen molar-refractivity contribution in [1.29, 1.82) is 0 Å². The van der Waals surface area contributed by atoms with E-state index >= 15 is 0 Å². The molecule has 0 aliphatic rings. The number of pyridine rings is 1. The Kier molecular flexibility index (Phi) is 2.37. The highest BCUT2D eigenvalue weighted by Gasteiger charge is 2.19. The molecule has 3 aromatic carbocycles. The molecule has 0 fully saturated rings. The third kappa shape index (κ3) is 1.61. The van der Waals surface area contributed by atoms with Crippen molar-refractivity contribution in [2.45, 2.75) is 0 Å². The molecule has 3 heterocycles. The van der Waals surface area contributed by atoms with Crippen molar-refractivity contribution < 1.29 is 0 Å². The zero-order valence-electron chi connectivity index (χ0n) is 13.5. The molecule has 2 heteroatoms. The Morgan fingerprint density at radius 3 is 2.04 bits per heavy atom. The largest absolute Gasteiger partial charge is 0.306 e. The molecule has 0 radical (unpaired) electrons. The van der Waals surface area contributed by atoms with E-state index in [1.54, 1.807) is 0 Å². The van der Waals surface area contributed by atoms with E-state index in [0.717, 1.165) is 16.8 Å². The lowest BCUT2D eigenvalue weighted by Crippen LogP contribution is -1.84. The normalized spacial score (nSPS) is 12.0. The third-order valence-electron chi connectivity index (χ3n) is 5.12. The molecule has 0 spiro atoms. The van der Waals surface area contributed by atoms with E-state index in [2.05, 4.69) is 83.3 Å². The molecule has 0 atom stereocenters. The number of aromatic nitrogens is 2. The minimum absolute atomic E-state index is 1.03. The summed E-state index contributed by atoms with van der Waals surface area (Å²) in [6, 6.07) is 29.8. The summed E-state index contributed by atoms with van der Waals surface area (Å²) < 4.78 is 2.36. The molecule has 0 saturated carbocycles. The quantitative estimate of drug-likeness (QED) is 0.369. The van der Waals surface area contributed by atoms with Gasteiger partial charge in [0, 0.05) is 21.7 Å². The zero-order valence-corrected chi connectivity index (χ0v) is 13.5. The predicted octanol–water partition coefficient (Wildman–Crippen LogP) is 5.90. The van der Waals surface area contributed by atoms with Gasteiger partial charge >= 0.3 is 0 Å². The maximum Gasteiger partial charge on any atom is 0.0977 e. The summed E-state index contributed by atoms with van der Waals surface area (Å²) >= 11 is 0. The monoisotopic (exact) mass is 318 g/mol. The van der Waals surface area contributed by atoms with E-state index in [0.29, 0.717) is 0 Å². The highest BCUT2D eigenvalue weighted by atomic mass is 14.9. The summed E-state index contributed by atoms with van der Waals surface area (Å²) in [6.45, 7) is 0. The molecule has 0 bridgehead atoms. The fraction of sp³-hybridized carbons (Fsp3) is 0. The second-order valence-corrected chi connectivity index (χ2v) is 6.49. The lowest BCUT2D eigenvalue weighted by molar-refractivity contribution is 1.36. The van der Waals surface area contributed by atoms with Crippen molar-refractivity contribution in [3.05, 3.63) is 84.9 Å². The third-order valence-corrected chi connectivity index (χ3v) is 5.12. The SMILES string of the molecule is c1ccc(-c2cc3c4ccccc4n4c5ccccc5c(n2)c34)cc1. The van der Waals surface area contributed by atoms with Crippen LogP contribution in [-0.4, -0.2) is 9.38 Å². The van der Waals surface area contributed by atoms with Crippen molar-refractivity contribution in [2.75, 3.05) is 0 Å². The number of para-hydroxylation sites is 2. The van der Waals surface area contributed by atoms with Crippen LogP contribution in [0.15, 0.2) is 84.9 Å². The average Bonchev–Trinajstić information content (AvgIpc) is 3.20. The van der Waals surface area contributed by atoms with Gasteiger partial charge in [-0.15, -0.1) is 0 Å². The minimum atomic E-state index is 1.03. The molecule has 0 amide bonds. The van der Waals surface area contributed by atoms with Gasteiger partial charge in [-0.1, -0.05) is 66.7 Å². The highest BCUT2D eigenvalue weighted by Crippen LogP contribution is 2.39. The fourth-order valence-corrected chi connectivity index (χ4v) is 4.05. The van der Waals surface area contributed by atoms with Gasteiger partial charge in [-0.2, -0.15) is 0 Å². The van der Waals surface area contributed by atoms with Crippen LogP contribution < -0.4 is 0 Å². The van der Waals surface area contributed by atoms with Crippen LogP contribution in [0.3, 0.4) is 0 Å². The Morgan fingerprint density at radius 2 is 1.24 bits per heavy atom. The maximum absolute atomic E-state index is 5.06. The van der Waals surface area contributed by atoms with Crippen molar-refractivity contribution >= 4 is 38.2 Å². The van der Waals surface area contributed by atoms with Gasteiger partial charge in [0.15, 0.2) is 0 Å². The smallest absolute Gasteiger partial charge is 0.0977 e. The summed E-state index contributed by atoms with van der Waals surface area (Å²) in [6.07, 6.45) is 0. The molecule has 2 nitrogen and oxygen atoms in total. The lowest BCUT2D eigenvalue weighted by Gasteiger charge is -2.02. The number of benzene rings is 3. The zero-order chi connectivity index (χ0) is 16.4. The molecule has 25 heavy (non-hydrogen) atoms. The average molecular weight is 318 g/mol. The number of fused-ring (bicyclic) bond motifs is 6. The van der Waals surface area contributed by atoms with Gasteiger partial charge in [0.25, 0.3) is 0 Å². The van der Waals surface area contributed by atoms with Gasteiger partial charge in [0.05, 0.1) is 27.8 Å². The van der Waals surface area contributed by atoms with Gasteiger partial charge in [0.2, 0.25) is 0 Å². The number of hydrogen-bond donors (Lipinski definition) is 0. The highest BCUT2D eigenvalue weighted by molar-refractivity contribution is 6.22. The van der Waals surface area contributed by atoms with Crippen molar-refractivity contribution in [3.8, 4) is 11.3 Å². The van der Waals surface area contributed by atoms with Crippen LogP contribution in [0.4, 0.5) is 0 Å². The fourth-order valence-electron chi connectivity index (χ4n) is 4.05. The Bertz CT molecular complexity index is 1290. The van der Waals surface area contributed by atoms with E-state index in [4.69, 9.17) is 4.98 Å². The predicted molar refractivity (Wildman–Crippen MR) is 104 cm³/mol. The summed E-state index contributed by atoms with van der Waals surface area (Å²) in [7, 11) is 0. The summed E-state index contributed by atoms with van der Waals surface area (Å²) in [5.74, 6) is 0. The lowest BCUT2D eigenvalue weighted by atomic mass is 10.1. The van der Waals surface area contributed by atoms with Crippen LogP contribution in [-0.2, 0) is 0 Å². The molecule has 3 aromatic heterocycles. The molecule has 0 aliphatic heterocycles. The number of hydrogen-bond acceptors (Lipinski definition) is 1. The van der Waals surface area contributed by atoms with Crippen LogP contribution in [0.2, 0.25) is 0 Å². The standard InChI is InChI=1S/C23H14N2/c1-2-8-15(9-3-1)19-14-18-16-10-4-6-12-20(16)25-21-13-7-5-11-17(21)22(24-19)23(18)25/h1-14H. The van der Waals surface area contributed by atoms with E-state index in [1.807, 2.05) is 6.07 Å². The van der Waals surface area contributed by atoms with Crippen LogP contribution in [0.5, 0.6) is 0 Å². The van der Waals surface area contributed by atoms with Crippen LogP contribution in [0, 0.1) is 0 Å². The van der Waals surface area contributed by atoms with Gasteiger partial charge in [-0.3, -0.25) is 0 Å². The summed E-state index contributed by atoms with van der Waals surface area (Å²) in [4.78, 5) is 5.06. The first-order valence-electron chi connectivity index (χ1n) is 8.51. The van der Waals surface area contributed by atoms with Crippen molar-refractivity contribution in [2.24, 2.45) is 0 Å². The van der Waals surface area contributed by atoms with Crippen molar-refractivity contribution in [3.63, 3.8) is 0 Å². The maximum atomic E-state index is 5.06. The van der Waals surface area contributed by atoms with Crippen LogP contribution in [0.1, 0.15) is 0 Å². The van der Waals surface area contributed by atoms with E-state index < -0.39 is 0 Å². The van der Waals surface area contributed by atoms with E-state index in [-0.39, 0.29) is 0 Å². The first-order chi connectivity index (χ1) is 12.4. The molecular weight excluding hydrogens is 304 g/mol. The summed E-state index contributed by atoms with van der Waals surface area (Å²) in [5, 5.41) is 3.77. The van der Waals surface area contributed by atoms with Gasteiger partial charge in [-0.05, 0) is 18.2 Å². The Hall–Kier alpha value is -3.39. The van der Waals surface area contributed by atoms with E-state index in [9.17, 15) is 0 Å². The second kappa shape index (κ2) is 4.58. The van der Waals surface area contributed by atoms with Gasteiger partial charge < -0.3 is 4.40 Å². The molecule has 0 N–H and O–H groups in total. The minimum Gasteiger partial charge on any atom is -0.306 e. The first-order valence-corrected chi connectivity index (χ1v) is 8.51. The van der Waals surface area contributed by atoms with Gasteiger partial charge in [0.1, 0.15) is 0 Å². The molecule has 0 saturated heterocycles. The molecule has 0 unspecified atom stereocenters. The second-order valence-electron chi connectivity index (χ2n) is 6.49. The Labute approximate surface area is 144 Å². The molecule has 0 aliphatic carbocycles. The molecule has 116 valence electrons. The molecule has 6 rings (SSSR count). The van der Waals surface area contributed by atoms with E-state index in [1.165, 1.54) is 32.7 Å². The molecular formula is C23H14N2. The Morgan fingerprint density at radius 1 is 0.600 bits per heavy atom. The Balaban J connectivity index is 1.92. The summed E-state index contributed by atoms with van der Waals surface area (Å²) in [5.41, 5.74) is 6.96. The van der Waals surface area contributed by atoms with Crippen LogP contribution in [0.25, 0.3) is 49.5 Å². The first kappa shape index (κ1) is 13.0.